The Morgan fingerprint density at radius 2 is 2.04 bits per heavy atom. The Balaban J connectivity index is 2.00. The van der Waals surface area contributed by atoms with E-state index < -0.39 is 38.4 Å². The van der Waals surface area contributed by atoms with Crippen molar-refractivity contribution in [3.8, 4) is 0 Å². The van der Waals surface area contributed by atoms with E-state index in [4.69, 9.17) is 9.36 Å². The van der Waals surface area contributed by atoms with Crippen LogP contribution in [0.3, 0.4) is 0 Å². The van der Waals surface area contributed by atoms with Gasteiger partial charge in [-0.1, -0.05) is 10.3 Å². The van der Waals surface area contributed by atoms with Crippen LogP contribution in [-0.2, 0) is 20.4 Å². The number of hydrogen-bond acceptors (Lipinski definition) is 6. The van der Waals surface area contributed by atoms with Gasteiger partial charge in [-0.3, -0.25) is 0 Å². The summed E-state index contributed by atoms with van der Waals surface area (Å²) in [5, 5.41) is 7.20. The van der Waals surface area contributed by atoms with Gasteiger partial charge in [0.25, 0.3) is 0 Å². The average Bonchev–Trinajstić information content (AvgIpc) is 3.00. The summed E-state index contributed by atoms with van der Waals surface area (Å²) in [6, 6.07) is 1.30. The quantitative estimate of drug-likeness (QED) is 0.513. The number of sulfone groups is 1. The van der Waals surface area contributed by atoms with Gasteiger partial charge in [0.15, 0.2) is 10.9 Å². The lowest BCUT2D eigenvalue weighted by Crippen LogP contribution is -2.23. The summed E-state index contributed by atoms with van der Waals surface area (Å²) in [5.74, 6) is -2.77. The Morgan fingerprint density at radius 3 is 2.65 bits per heavy atom. The molecule has 0 radical (unpaired) electrons. The second kappa shape index (κ2) is 5.36. The molecule has 0 aliphatic carbocycles. The molecule has 10 heteroatoms. The molecule has 0 saturated heterocycles. The number of oxime groups is 1. The SMILES string of the molecule is CC1(C)CC(S(=O)(=O)Cc2noc3c(F)c(F)c(I)cc23)=NO1. The van der Waals surface area contributed by atoms with Gasteiger partial charge in [0.05, 0.1) is 8.96 Å². The summed E-state index contributed by atoms with van der Waals surface area (Å²) in [4.78, 5) is 5.05. The third-order valence-electron chi connectivity index (χ3n) is 3.33. The molecule has 1 aliphatic heterocycles. The molecule has 0 amide bonds. The monoisotopic (exact) mass is 456 g/mol. The largest absolute Gasteiger partial charge is 0.389 e. The minimum atomic E-state index is -3.80. The zero-order valence-electron chi connectivity index (χ0n) is 12.1. The van der Waals surface area contributed by atoms with E-state index in [1.54, 1.807) is 36.4 Å². The van der Waals surface area contributed by atoms with Gasteiger partial charge in [0.2, 0.25) is 21.2 Å². The van der Waals surface area contributed by atoms with Crippen LogP contribution >= 0.6 is 22.6 Å². The van der Waals surface area contributed by atoms with Crippen molar-refractivity contribution in [2.75, 3.05) is 0 Å². The number of nitrogens with zero attached hydrogens (tertiary/aromatic N) is 2. The summed E-state index contributed by atoms with van der Waals surface area (Å²) in [5.41, 5.74) is -1.10. The van der Waals surface area contributed by atoms with E-state index in [1.807, 2.05) is 0 Å². The van der Waals surface area contributed by atoms with Crippen molar-refractivity contribution in [1.82, 2.24) is 5.16 Å². The van der Waals surface area contributed by atoms with Crippen molar-refractivity contribution >= 4 is 48.4 Å². The second-order valence-electron chi connectivity index (χ2n) is 5.76. The summed E-state index contributed by atoms with van der Waals surface area (Å²) >= 11 is 1.61. The normalized spacial score (nSPS) is 17.3. The third kappa shape index (κ3) is 2.93. The molecule has 2 heterocycles. The summed E-state index contributed by atoms with van der Waals surface area (Å²) < 4.78 is 56.9. The Morgan fingerprint density at radius 1 is 1.35 bits per heavy atom. The molecule has 1 aromatic carbocycles. The molecule has 0 bridgehead atoms. The smallest absolute Gasteiger partial charge is 0.205 e. The molecule has 6 nitrogen and oxygen atoms in total. The van der Waals surface area contributed by atoms with Crippen LogP contribution in [0.25, 0.3) is 11.0 Å². The summed E-state index contributed by atoms with van der Waals surface area (Å²) in [6.45, 7) is 3.43. The van der Waals surface area contributed by atoms with Crippen LogP contribution in [0.15, 0.2) is 15.7 Å². The number of halogens is 3. The van der Waals surface area contributed by atoms with Gasteiger partial charge in [0, 0.05) is 6.42 Å². The highest BCUT2D eigenvalue weighted by molar-refractivity contribution is 14.1. The van der Waals surface area contributed by atoms with Crippen molar-refractivity contribution in [2.24, 2.45) is 5.16 Å². The average molecular weight is 456 g/mol. The van der Waals surface area contributed by atoms with Gasteiger partial charge >= 0.3 is 0 Å². The van der Waals surface area contributed by atoms with Crippen molar-refractivity contribution in [3.05, 3.63) is 27.0 Å². The van der Waals surface area contributed by atoms with Crippen LogP contribution in [-0.4, -0.2) is 24.2 Å². The zero-order valence-corrected chi connectivity index (χ0v) is 15.0. The van der Waals surface area contributed by atoms with Crippen LogP contribution in [0, 0.1) is 15.2 Å². The molecule has 0 N–H and O–H groups in total. The fourth-order valence-corrected chi connectivity index (χ4v) is 4.17. The molecule has 1 aromatic heterocycles. The lowest BCUT2D eigenvalue weighted by molar-refractivity contribution is 0.0123. The zero-order chi connectivity index (χ0) is 17.0. The number of rotatable bonds is 2. The van der Waals surface area contributed by atoms with E-state index in [0.717, 1.165) is 0 Å². The standard InChI is InChI=1S/C13H11F2IN2O4S/c1-13(2)4-9(18-22-13)23(19,20)5-8-6-3-7(16)10(14)11(15)12(6)21-17-8/h3H,4-5H2,1-2H3. The van der Waals surface area contributed by atoms with Crippen LogP contribution in [0.5, 0.6) is 0 Å². The minimum Gasteiger partial charge on any atom is -0.389 e. The van der Waals surface area contributed by atoms with E-state index in [2.05, 4.69) is 10.3 Å². The maximum absolute atomic E-state index is 13.8. The van der Waals surface area contributed by atoms with Crippen molar-refractivity contribution in [1.29, 1.82) is 0 Å². The first kappa shape index (κ1) is 16.6. The molecule has 3 rings (SSSR count). The van der Waals surface area contributed by atoms with E-state index in [9.17, 15) is 17.2 Å². The summed E-state index contributed by atoms with van der Waals surface area (Å²) in [7, 11) is -3.80. The molecule has 1 aliphatic rings. The van der Waals surface area contributed by atoms with Gasteiger partial charge in [0.1, 0.15) is 17.0 Å². The minimum absolute atomic E-state index is 0.00391. The van der Waals surface area contributed by atoms with Gasteiger partial charge < -0.3 is 9.36 Å². The fraction of sp³-hybridized carbons (Fsp3) is 0.385. The highest BCUT2D eigenvalue weighted by atomic mass is 127. The van der Waals surface area contributed by atoms with E-state index in [-0.39, 0.29) is 26.1 Å². The second-order valence-corrected chi connectivity index (χ2v) is 8.92. The molecule has 124 valence electrons. The van der Waals surface area contributed by atoms with Crippen molar-refractivity contribution < 1.29 is 26.6 Å². The third-order valence-corrected chi connectivity index (χ3v) is 5.71. The van der Waals surface area contributed by atoms with E-state index in [1.165, 1.54) is 6.07 Å². The highest BCUT2D eigenvalue weighted by Gasteiger charge is 2.37. The predicted molar refractivity (Wildman–Crippen MR) is 86.5 cm³/mol. The Labute approximate surface area is 143 Å². The fourth-order valence-electron chi connectivity index (χ4n) is 2.17. The van der Waals surface area contributed by atoms with Gasteiger partial charge in [-0.05, 0) is 42.5 Å². The van der Waals surface area contributed by atoms with Crippen LogP contribution < -0.4 is 0 Å². The van der Waals surface area contributed by atoms with Crippen molar-refractivity contribution in [3.63, 3.8) is 0 Å². The molecule has 0 fully saturated rings. The van der Waals surface area contributed by atoms with Crippen molar-refractivity contribution in [2.45, 2.75) is 31.6 Å². The number of fused-ring (bicyclic) bond motifs is 1. The number of hydrogen-bond donors (Lipinski definition) is 0. The lowest BCUT2D eigenvalue weighted by Gasteiger charge is -2.13. The molecular weight excluding hydrogens is 445 g/mol. The number of aromatic nitrogens is 1. The van der Waals surface area contributed by atoms with Gasteiger partial charge in [-0.25, -0.2) is 12.8 Å². The Hall–Kier alpha value is -1.30. The predicted octanol–water partition coefficient (Wildman–Crippen LogP) is 3.14. The van der Waals surface area contributed by atoms with Crippen LogP contribution in [0.1, 0.15) is 26.0 Å². The molecule has 0 spiro atoms. The van der Waals surface area contributed by atoms with Gasteiger partial charge in [-0.15, -0.1) is 0 Å². The molecule has 0 saturated carbocycles. The Kier molecular flexibility index (Phi) is 3.86. The molecule has 0 atom stereocenters. The molecule has 23 heavy (non-hydrogen) atoms. The molecular formula is C13H11F2IN2O4S. The lowest BCUT2D eigenvalue weighted by atomic mass is 10.1. The first-order chi connectivity index (χ1) is 10.6. The number of benzene rings is 1. The maximum Gasteiger partial charge on any atom is 0.205 e. The molecule has 2 aromatic rings. The van der Waals surface area contributed by atoms with Gasteiger partial charge in [-0.2, -0.15) is 4.39 Å². The maximum atomic E-state index is 13.8. The van der Waals surface area contributed by atoms with Crippen LogP contribution in [0.4, 0.5) is 8.78 Å². The van der Waals surface area contributed by atoms with E-state index in [0.29, 0.717) is 0 Å². The first-order valence-electron chi connectivity index (χ1n) is 6.50. The first-order valence-corrected chi connectivity index (χ1v) is 9.23. The summed E-state index contributed by atoms with van der Waals surface area (Å²) in [6.07, 6.45) is 0.131. The molecule has 0 unspecified atom stereocenters. The topological polar surface area (TPSA) is 81.8 Å². The van der Waals surface area contributed by atoms with E-state index >= 15 is 0 Å². The van der Waals surface area contributed by atoms with Crippen LogP contribution in [0.2, 0.25) is 0 Å². The highest BCUT2D eigenvalue weighted by Crippen LogP contribution is 2.30. The Bertz CT molecular complexity index is 937.